The van der Waals surface area contributed by atoms with Gasteiger partial charge in [0.05, 0.1) is 6.20 Å². The van der Waals surface area contributed by atoms with Gasteiger partial charge in [-0.3, -0.25) is 9.78 Å². The molecule has 3 rings (SSSR count). The zero-order valence-electron chi connectivity index (χ0n) is 10.9. The molecule has 7 heteroatoms. The van der Waals surface area contributed by atoms with Crippen molar-refractivity contribution in [1.82, 2.24) is 20.3 Å². The van der Waals surface area contributed by atoms with Crippen LogP contribution in [0.4, 0.5) is 5.13 Å². The number of hydrogen-bond donors (Lipinski definition) is 1. The molecule has 2 aromatic rings. The van der Waals surface area contributed by atoms with Crippen LogP contribution in [0, 0.1) is 0 Å². The summed E-state index contributed by atoms with van der Waals surface area (Å²) in [5.74, 6) is -0.177. The second kappa shape index (κ2) is 5.96. The van der Waals surface area contributed by atoms with Crippen LogP contribution < -0.4 is 10.2 Å². The van der Waals surface area contributed by atoms with Gasteiger partial charge in [0.25, 0.3) is 5.91 Å². The molecule has 3 heterocycles. The van der Waals surface area contributed by atoms with E-state index in [9.17, 15) is 4.79 Å². The Hall–Kier alpha value is -2.02. The molecule has 1 aliphatic heterocycles. The Balaban J connectivity index is 1.59. The second-order valence-corrected chi connectivity index (χ2v) is 5.48. The fourth-order valence-corrected chi connectivity index (χ4v) is 3.12. The van der Waals surface area contributed by atoms with Crippen LogP contribution in [0.15, 0.2) is 30.2 Å². The van der Waals surface area contributed by atoms with E-state index in [1.54, 1.807) is 17.5 Å². The Bertz CT molecular complexity index is 559. The minimum atomic E-state index is -0.177. The zero-order valence-corrected chi connectivity index (χ0v) is 11.7. The maximum atomic E-state index is 11.9. The number of rotatable bonds is 4. The number of nitrogens with one attached hydrogen (secondary N) is 1. The van der Waals surface area contributed by atoms with E-state index >= 15 is 0 Å². The second-order valence-electron chi connectivity index (χ2n) is 4.60. The monoisotopic (exact) mass is 289 g/mol. The molecule has 1 N–H and O–H groups in total. The minimum Gasteiger partial charge on any atom is -0.349 e. The summed E-state index contributed by atoms with van der Waals surface area (Å²) in [5.41, 5.74) is 0.353. The third kappa shape index (κ3) is 2.77. The molecule has 0 aliphatic carbocycles. The van der Waals surface area contributed by atoms with Crippen LogP contribution in [-0.4, -0.2) is 40.0 Å². The average Bonchev–Trinajstić information content (AvgIpc) is 3.16. The Morgan fingerprint density at radius 1 is 1.40 bits per heavy atom. The number of carbonyl (C=O) groups excluding carboxylic acids is 1. The molecule has 1 fully saturated rings. The number of carbonyl (C=O) groups is 1. The lowest BCUT2D eigenvalue weighted by Gasteiger charge is -2.24. The Morgan fingerprint density at radius 3 is 3.10 bits per heavy atom. The van der Waals surface area contributed by atoms with Gasteiger partial charge in [-0.05, 0) is 12.8 Å². The van der Waals surface area contributed by atoms with Crippen LogP contribution in [0.5, 0.6) is 0 Å². The Morgan fingerprint density at radius 2 is 2.35 bits per heavy atom. The maximum absolute atomic E-state index is 11.9. The molecule has 0 aromatic carbocycles. The first kappa shape index (κ1) is 13.0. The SMILES string of the molecule is O=C(NCC1CCCN1c1nccs1)c1cnccn1. The van der Waals surface area contributed by atoms with E-state index in [1.165, 1.54) is 12.4 Å². The molecule has 2 aromatic heterocycles. The number of nitrogens with zero attached hydrogens (tertiary/aromatic N) is 4. The number of hydrogen-bond acceptors (Lipinski definition) is 6. The third-order valence-corrected chi connectivity index (χ3v) is 4.14. The molecular formula is C13H15N5OS. The van der Waals surface area contributed by atoms with Crippen molar-refractivity contribution in [1.29, 1.82) is 0 Å². The van der Waals surface area contributed by atoms with Gasteiger partial charge in [-0.2, -0.15) is 0 Å². The molecule has 1 saturated heterocycles. The summed E-state index contributed by atoms with van der Waals surface area (Å²) in [5, 5.41) is 5.93. The molecule has 6 nitrogen and oxygen atoms in total. The van der Waals surface area contributed by atoms with E-state index in [1.807, 2.05) is 11.6 Å². The van der Waals surface area contributed by atoms with Crippen molar-refractivity contribution in [2.24, 2.45) is 0 Å². The number of aromatic nitrogens is 3. The zero-order chi connectivity index (χ0) is 13.8. The standard InChI is InChI=1S/C13H15N5OS/c19-12(11-9-14-3-4-15-11)17-8-10-2-1-6-18(10)13-16-5-7-20-13/h3-5,7,9-10H,1-2,6,8H2,(H,17,19). The summed E-state index contributed by atoms with van der Waals surface area (Å²) >= 11 is 1.63. The minimum absolute atomic E-state index is 0.177. The predicted octanol–water partition coefficient (Wildman–Crippen LogP) is 1.33. The topological polar surface area (TPSA) is 71.0 Å². The van der Waals surface area contributed by atoms with Gasteiger partial charge in [-0.15, -0.1) is 11.3 Å². The van der Waals surface area contributed by atoms with E-state index in [2.05, 4.69) is 25.2 Å². The average molecular weight is 289 g/mol. The van der Waals surface area contributed by atoms with Gasteiger partial charge in [0.1, 0.15) is 5.69 Å². The van der Waals surface area contributed by atoms with Crippen LogP contribution in [0.2, 0.25) is 0 Å². The highest BCUT2D eigenvalue weighted by Crippen LogP contribution is 2.26. The van der Waals surface area contributed by atoms with E-state index in [-0.39, 0.29) is 5.91 Å². The molecule has 1 atom stereocenters. The smallest absolute Gasteiger partial charge is 0.271 e. The number of anilines is 1. The number of amides is 1. The quantitative estimate of drug-likeness (QED) is 0.919. The van der Waals surface area contributed by atoms with Gasteiger partial charge in [0.15, 0.2) is 5.13 Å². The molecule has 0 spiro atoms. The summed E-state index contributed by atoms with van der Waals surface area (Å²) in [4.78, 5) is 26.5. The first-order valence-electron chi connectivity index (χ1n) is 6.55. The molecular weight excluding hydrogens is 274 g/mol. The van der Waals surface area contributed by atoms with Crippen LogP contribution in [0.1, 0.15) is 23.3 Å². The lowest BCUT2D eigenvalue weighted by Crippen LogP contribution is -2.40. The van der Waals surface area contributed by atoms with E-state index < -0.39 is 0 Å². The largest absolute Gasteiger partial charge is 0.349 e. The molecule has 104 valence electrons. The van der Waals surface area contributed by atoms with Gasteiger partial charge in [-0.1, -0.05) is 0 Å². The first-order valence-corrected chi connectivity index (χ1v) is 7.43. The van der Waals surface area contributed by atoms with Crippen molar-refractivity contribution in [3.63, 3.8) is 0 Å². The van der Waals surface area contributed by atoms with E-state index in [0.29, 0.717) is 18.3 Å². The third-order valence-electron chi connectivity index (χ3n) is 3.34. The highest BCUT2D eigenvalue weighted by Gasteiger charge is 2.26. The summed E-state index contributed by atoms with van der Waals surface area (Å²) in [6, 6.07) is 0.307. The van der Waals surface area contributed by atoms with Gasteiger partial charge in [-0.25, -0.2) is 9.97 Å². The highest BCUT2D eigenvalue weighted by molar-refractivity contribution is 7.13. The maximum Gasteiger partial charge on any atom is 0.271 e. The fourth-order valence-electron chi connectivity index (χ4n) is 2.37. The first-order chi connectivity index (χ1) is 9.84. The van der Waals surface area contributed by atoms with Gasteiger partial charge in [0, 0.05) is 43.1 Å². The van der Waals surface area contributed by atoms with Crippen molar-refractivity contribution in [3.8, 4) is 0 Å². The molecule has 0 bridgehead atoms. The molecule has 1 unspecified atom stereocenters. The van der Waals surface area contributed by atoms with Crippen LogP contribution in [-0.2, 0) is 0 Å². The lowest BCUT2D eigenvalue weighted by molar-refractivity contribution is 0.0946. The molecule has 1 amide bonds. The van der Waals surface area contributed by atoms with Crippen molar-refractivity contribution < 1.29 is 4.79 Å². The van der Waals surface area contributed by atoms with E-state index in [0.717, 1.165) is 24.5 Å². The van der Waals surface area contributed by atoms with Crippen LogP contribution in [0.25, 0.3) is 0 Å². The van der Waals surface area contributed by atoms with Crippen LogP contribution >= 0.6 is 11.3 Å². The highest BCUT2D eigenvalue weighted by atomic mass is 32.1. The van der Waals surface area contributed by atoms with Gasteiger partial charge in [0.2, 0.25) is 0 Å². The van der Waals surface area contributed by atoms with Crippen molar-refractivity contribution in [3.05, 3.63) is 35.9 Å². The van der Waals surface area contributed by atoms with Gasteiger partial charge >= 0.3 is 0 Å². The summed E-state index contributed by atoms with van der Waals surface area (Å²) in [6.07, 6.45) is 8.56. The summed E-state index contributed by atoms with van der Waals surface area (Å²) in [6.45, 7) is 1.61. The van der Waals surface area contributed by atoms with Gasteiger partial charge < -0.3 is 10.2 Å². The predicted molar refractivity (Wildman–Crippen MR) is 76.8 cm³/mol. The fraction of sp³-hybridized carbons (Fsp3) is 0.385. The Kier molecular flexibility index (Phi) is 3.87. The van der Waals surface area contributed by atoms with Crippen molar-refractivity contribution in [2.45, 2.75) is 18.9 Å². The van der Waals surface area contributed by atoms with Crippen molar-refractivity contribution >= 4 is 22.4 Å². The molecule has 0 radical (unpaired) electrons. The molecule has 1 aliphatic rings. The molecule has 20 heavy (non-hydrogen) atoms. The van der Waals surface area contributed by atoms with Crippen LogP contribution in [0.3, 0.4) is 0 Å². The van der Waals surface area contributed by atoms with Crippen molar-refractivity contribution in [2.75, 3.05) is 18.0 Å². The summed E-state index contributed by atoms with van der Waals surface area (Å²) < 4.78 is 0. The Labute approximate surface area is 120 Å². The molecule has 0 saturated carbocycles. The number of thiazole rings is 1. The normalized spacial score (nSPS) is 18.2. The summed E-state index contributed by atoms with van der Waals surface area (Å²) in [7, 11) is 0. The lowest BCUT2D eigenvalue weighted by atomic mass is 10.2. The van der Waals surface area contributed by atoms with E-state index in [4.69, 9.17) is 0 Å².